The molecule has 2 rings (SSSR count). The number of hydrogen-bond donors (Lipinski definition) is 1. The van der Waals surface area contributed by atoms with Gasteiger partial charge < -0.3 is 10.2 Å². The van der Waals surface area contributed by atoms with E-state index in [1.165, 1.54) is 6.42 Å². The van der Waals surface area contributed by atoms with Crippen LogP contribution < -0.4 is 5.32 Å². The molecule has 5 heteroatoms. The van der Waals surface area contributed by atoms with Crippen molar-refractivity contribution in [1.82, 2.24) is 10.2 Å². The Kier molecular flexibility index (Phi) is 5.47. The third-order valence-corrected chi connectivity index (χ3v) is 5.01. The molecule has 1 saturated heterocycles. The highest BCUT2D eigenvalue weighted by molar-refractivity contribution is 14.1. The van der Waals surface area contributed by atoms with Crippen molar-refractivity contribution in [1.29, 1.82) is 0 Å². The van der Waals surface area contributed by atoms with E-state index >= 15 is 0 Å². The normalized spacial score (nSPS) is 19.5. The van der Waals surface area contributed by atoms with Crippen molar-refractivity contribution in [2.45, 2.75) is 12.8 Å². The van der Waals surface area contributed by atoms with E-state index in [9.17, 15) is 4.79 Å². The van der Waals surface area contributed by atoms with Gasteiger partial charge in [-0.15, -0.1) is 0 Å². The summed E-state index contributed by atoms with van der Waals surface area (Å²) >= 11 is 8.15. The first-order valence-corrected chi connectivity index (χ1v) is 7.96. The summed E-state index contributed by atoms with van der Waals surface area (Å²) in [6.45, 7) is 2.68. The first-order valence-electron chi connectivity index (χ1n) is 6.50. The second kappa shape index (κ2) is 6.90. The van der Waals surface area contributed by atoms with Crippen LogP contribution in [0.5, 0.6) is 0 Å². The lowest BCUT2D eigenvalue weighted by Crippen LogP contribution is -2.42. The van der Waals surface area contributed by atoms with Gasteiger partial charge in [0.1, 0.15) is 0 Å². The molecule has 3 nitrogen and oxygen atoms in total. The summed E-state index contributed by atoms with van der Waals surface area (Å²) in [6, 6.07) is 5.48. The molecule has 0 radical (unpaired) electrons. The fraction of sp³-hybridized carbons (Fsp3) is 0.500. The molecule has 1 aromatic carbocycles. The van der Waals surface area contributed by atoms with Gasteiger partial charge in [-0.3, -0.25) is 4.79 Å². The van der Waals surface area contributed by atoms with Crippen molar-refractivity contribution < 1.29 is 4.79 Å². The van der Waals surface area contributed by atoms with Gasteiger partial charge in [0.25, 0.3) is 5.91 Å². The van der Waals surface area contributed by atoms with E-state index < -0.39 is 0 Å². The highest BCUT2D eigenvalue weighted by Crippen LogP contribution is 2.22. The number of piperidine rings is 1. The fourth-order valence-electron chi connectivity index (χ4n) is 2.52. The smallest absolute Gasteiger partial charge is 0.253 e. The third kappa shape index (κ3) is 3.83. The zero-order valence-corrected chi connectivity index (χ0v) is 13.9. The molecule has 1 heterocycles. The van der Waals surface area contributed by atoms with Gasteiger partial charge in [-0.25, -0.2) is 0 Å². The Bertz CT molecular complexity index is 465. The predicted molar refractivity (Wildman–Crippen MR) is 86.7 cm³/mol. The minimum atomic E-state index is 0.121. The Morgan fingerprint density at radius 3 is 3.05 bits per heavy atom. The van der Waals surface area contributed by atoms with Gasteiger partial charge in [-0.1, -0.05) is 11.6 Å². The number of halogens is 2. The molecule has 0 aliphatic carbocycles. The minimum absolute atomic E-state index is 0.121. The van der Waals surface area contributed by atoms with Gasteiger partial charge in [0.15, 0.2) is 0 Å². The lowest BCUT2D eigenvalue weighted by atomic mass is 9.97. The Morgan fingerprint density at radius 2 is 2.37 bits per heavy atom. The van der Waals surface area contributed by atoms with E-state index in [1.807, 2.05) is 24.1 Å². The summed E-state index contributed by atoms with van der Waals surface area (Å²) in [7, 11) is 1.96. The molecule has 0 aromatic heterocycles. The summed E-state index contributed by atoms with van der Waals surface area (Å²) < 4.78 is 0.925. The third-order valence-electron chi connectivity index (χ3n) is 3.47. The Labute approximate surface area is 132 Å². The van der Waals surface area contributed by atoms with Crippen molar-refractivity contribution in [2.75, 3.05) is 26.7 Å². The average Bonchev–Trinajstić information content (AvgIpc) is 2.42. The SMILES string of the molecule is CNCC1CCCN(C(=O)c2ccc(Cl)c(I)c2)C1. The van der Waals surface area contributed by atoms with Gasteiger partial charge >= 0.3 is 0 Å². The van der Waals surface area contributed by atoms with E-state index in [1.54, 1.807) is 6.07 Å². The second-order valence-electron chi connectivity index (χ2n) is 4.95. The lowest BCUT2D eigenvalue weighted by molar-refractivity contribution is 0.0674. The lowest BCUT2D eigenvalue weighted by Gasteiger charge is -2.32. The minimum Gasteiger partial charge on any atom is -0.338 e. The first-order chi connectivity index (χ1) is 9.11. The molecule has 0 bridgehead atoms. The maximum atomic E-state index is 12.5. The molecule has 1 aromatic rings. The number of likely N-dealkylation sites (tertiary alicyclic amines) is 1. The van der Waals surface area contributed by atoms with Crippen molar-refractivity contribution in [3.8, 4) is 0 Å². The monoisotopic (exact) mass is 392 g/mol. The summed E-state index contributed by atoms with van der Waals surface area (Å²) in [6.07, 6.45) is 2.28. The number of nitrogens with one attached hydrogen (secondary N) is 1. The van der Waals surface area contributed by atoms with Gasteiger partial charge in [-0.05, 0) is 73.1 Å². The first kappa shape index (κ1) is 15.1. The number of nitrogens with zero attached hydrogens (tertiary/aromatic N) is 1. The van der Waals surface area contributed by atoms with Crippen molar-refractivity contribution in [3.63, 3.8) is 0 Å². The topological polar surface area (TPSA) is 32.3 Å². The van der Waals surface area contributed by atoms with E-state index in [0.29, 0.717) is 10.9 Å². The van der Waals surface area contributed by atoms with Gasteiger partial charge in [0.2, 0.25) is 0 Å². The molecule has 1 aliphatic rings. The largest absolute Gasteiger partial charge is 0.338 e. The van der Waals surface area contributed by atoms with Gasteiger partial charge in [0.05, 0.1) is 5.02 Å². The molecular formula is C14H18ClIN2O. The van der Waals surface area contributed by atoms with Crippen LogP contribution in [0.25, 0.3) is 0 Å². The molecular weight excluding hydrogens is 375 g/mol. The van der Waals surface area contributed by atoms with E-state index in [-0.39, 0.29) is 5.91 Å². The average molecular weight is 393 g/mol. The number of amides is 1. The van der Waals surface area contributed by atoms with Crippen LogP contribution >= 0.6 is 34.2 Å². The van der Waals surface area contributed by atoms with E-state index in [0.717, 1.165) is 35.2 Å². The van der Waals surface area contributed by atoms with Crippen LogP contribution in [0.1, 0.15) is 23.2 Å². The summed E-state index contributed by atoms with van der Waals surface area (Å²) in [4.78, 5) is 14.4. The molecule has 1 unspecified atom stereocenters. The van der Waals surface area contributed by atoms with Crippen LogP contribution in [0.15, 0.2) is 18.2 Å². The number of rotatable bonds is 3. The van der Waals surface area contributed by atoms with Crippen LogP contribution in [0.3, 0.4) is 0 Å². The molecule has 0 saturated carbocycles. The Morgan fingerprint density at radius 1 is 1.58 bits per heavy atom. The number of carbonyl (C=O) groups is 1. The fourth-order valence-corrected chi connectivity index (χ4v) is 3.15. The zero-order valence-electron chi connectivity index (χ0n) is 11.0. The maximum Gasteiger partial charge on any atom is 0.253 e. The van der Waals surface area contributed by atoms with Crippen molar-refractivity contribution >= 4 is 40.1 Å². The van der Waals surface area contributed by atoms with Crippen LogP contribution in [0, 0.1) is 9.49 Å². The second-order valence-corrected chi connectivity index (χ2v) is 6.52. The maximum absolute atomic E-state index is 12.5. The van der Waals surface area contributed by atoms with Gasteiger partial charge in [-0.2, -0.15) is 0 Å². The quantitative estimate of drug-likeness (QED) is 0.802. The molecule has 19 heavy (non-hydrogen) atoms. The summed E-state index contributed by atoms with van der Waals surface area (Å²) in [5, 5.41) is 3.89. The van der Waals surface area contributed by atoms with Crippen molar-refractivity contribution in [2.24, 2.45) is 5.92 Å². The van der Waals surface area contributed by atoms with Crippen LogP contribution in [0.2, 0.25) is 5.02 Å². The van der Waals surface area contributed by atoms with Crippen molar-refractivity contribution in [3.05, 3.63) is 32.4 Å². The number of benzene rings is 1. The molecule has 1 N–H and O–H groups in total. The van der Waals surface area contributed by atoms with Crippen LogP contribution in [0.4, 0.5) is 0 Å². The molecule has 1 fully saturated rings. The molecule has 1 amide bonds. The van der Waals surface area contributed by atoms with Crippen LogP contribution in [-0.2, 0) is 0 Å². The highest BCUT2D eigenvalue weighted by Gasteiger charge is 2.24. The standard InChI is InChI=1S/C14H18ClIN2O/c1-17-8-10-3-2-6-18(9-10)14(19)11-4-5-12(15)13(16)7-11/h4-5,7,10,17H,2-3,6,8-9H2,1H3. The molecule has 1 atom stereocenters. The number of carbonyl (C=O) groups excluding carboxylic acids is 1. The van der Waals surface area contributed by atoms with Crippen LogP contribution in [-0.4, -0.2) is 37.5 Å². The Hall–Kier alpha value is -0.330. The van der Waals surface area contributed by atoms with Gasteiger partial charge in [0, 0.05) is 22.2 Å². The van der Waals surface area contributed by atoms with E-state index in [4.69, 9.17) is 11.6 Å². The van der Waals surface area contributed by atoms with E-state index in [2.05, 4.69) is 27.9 Å². The number of hydrogen-bond acceptors (Lipinski definition) is 2. The molecule has 0 spiro atoms. The molecule has 104 valence electrons. The summed E-state index contributed by atoms with van der Waals surface area (Å²) in [5.41, 5.74) is 0.735. The Balaban J connectivity index is 2.08. The zero-order chi connectivity index (χ0) is 13.8. The predicted octanol–water partition coefficient (Wildman–Crippen LogP) is 3.02. The highest BCUT2D eigenvalue weighted by atomic mass is 127. The summed E-state index contributed by atoms with van der Waals surface area (Å²) in [5.74, 6) is 0.685. The molecule has 1 aliphatic heterocycles.